The molecule has 0 aliphatic heterocycles. The zero-order valence-electron chi connectivity index (χ0n) is 14.5. The summed E-state index contributed by atoms with van der Waals surface area (Å²) in [7, 11) is 0. The Morgan fingerprint density at radius 1 is 1.00 bits per heavy atom. The Kier molecular flexibility index (Phi) is 7.06. The third-order valence-corrected chi connectivity index (χ3v) is 3.79. The first-order valence-electron chi connectivity index (χ1n) is 8.00. The first-order chi connectivity index (χ1) is 10.4. The largest absolute Gasteiger partial charge is 0.299 e. The lowest BCUT2D eigenvalue weighted by Gasteiger charge is -2.28. The fourth-order valence-electron chi connectivity index (χ4n) is 2.80. The van der Waals surface area contributed by atoms with Crippen molar-refractivity contribution in [2.45, 2.75) is 46.7 Å². The van der Waals surface area contributed by atoms with E-state index in [1.807, 2.05) is 42.5 Å². The lowest BCUT2D eigenvalue weighted by atomic mass is 10.0. The summed E-state index contributed by atoms with van der Waals surface area (Å²) in [6.07, 6.45) is 0. The van der Waals surface area contributed by atoms with Gasteiger partial charge in [-0.1, -0.05) is 43.3 Å². The maximum Gasteiger partial charge on any atom is 0.271 e. The number of rotatable bonds is 4. The van der Waals surface area contributed by atoms with Gasteiger partial charge in [0.15, 0.2) is 0 Å². The summed E-state index contributed by atoms with van der Waals surface area (Å²) < 4.78 is 0. The number of fused-ring (bicyclic) bond motifs is 1. The lowest BCUT2D eigenvalue weighted by molar-refractivity contribution is -0.114. The number of nitrogens with two attached hydrogens (primary N) is 2. The molecule has 0 saturated carbocycles. The maximum atomic E-state index is 5.57. The Morgan fingerprint density at radius 3 is 2.00 bits per heavy atom. The second-order valence-electron chi connectivity index (χ2n) is 6.00. The minimum absolute atomic E-state index is 0.372. The zero-order valence-corrected chi connectivity index (χ0v) is 14.5. The summed E-state index contributed by atoms with van der Waals surface area (Å²) in [4.78, 5) is 2.46. The number of hydrogen-bond acceptors (Lipinski definition) is 1. The van der Waals surface area contributed by atoms with Crippen LogP contribution in [0.3, 0.4) is 0 Å². The van der Waals surface area contributed by atoms with Gasteiger partial charge in [-0.25, -0.2) is 0 Å². The summed E-state index contributed by atoms with van der Waals surface area (Å²) in [6, 6.07) is 15.3. The molecule has 3 heteroatoms. The van der Waals surface area contributed by atoms with Crippen LogP contribution in [0.2, 0.25) is 0 Å². The van der Waals surface area contributed by atoms with Gasteiger partial charge in [-0.2, -0.15) is 0 Å². The molecule has 120 valence electrons. The van der Waals surface area contributed by atoms with E-state index in [9.17, 15) is 0 Å². The van der Waals surface area contributed by atoms with Crippen LogP contribution in [-0.2, 0) is 0 Å². The molecule has 0 heterocycles. The molecule has 0 spiro atoms. The van der Waals surface area contributed by atoms with Gasteiger partial charge in [0.2, 0.25) is 0 Å². The smallest absolute Gasteiger partial charge is 0.271 e. The standard InChI is InChI=1S/C11H10N2.C8H19N/c12-11(13)10-7-3-5-8-4-1-2-6-9(8)10;1-6-9(7(2)3)8(4)5/h1-7H,(H3,12,13);7-8H,6H2,1-5H3/p+1. The number of benzene rings is 2. The first kappa shape index (κ1) is 18.2. The summed E-state index contributed by atoms with van der Waals surface area (Å²) in [5.74, 6) is 0.372. The zero-order chi connectivity index (χ0) is 16.7. The van der Waals surface area contributed by atoms with Crippen LogP contribution < -0.4 is 11.1 Å². The van der Waals surface area contributed by atoms with Crippen molar-refractivity contribution in [3.63, 3.8) is 0 Å². The van der Waals surface area contributed by atoms with E-state index in [4.69, 9.17) is 11.1 Å². The average molecular weight is 300 g/mol. The van der Waals surface area contributed by atoms with Gasteiger partial charge in [0.05, 0.1) is 5.56 Å². The molecule has 22 heavy (non-hydrogen) atoms. The van der Waals surface area contributed by atoms with Gasteiger partial charge >= 0.3 is 0 Å². The van der Waals surface area contributed by atoms with Gasteiger partial charge in [-0.15, -0.1) is 0 Å². The minimum atomic E-state index is 0.372. The fourth-order valence-corrected chi connectivity index (χ4v) is 2.80. The van der Waals surface area contributed by atoms with E-state index in [-0.39, 0.29) is 0 Å². The summed E-state index contributed by atoms with van der Waals surface area (Å²) >= 11 is 0. The van der Waals surface area contributed by atoms with Crippen LogP contribution in [0.25, 0.3) is 10.8 Å². The van der Waals surface area contributed by atoms with Gasteiger partial charge in [-0.3, -0.25) is 16.0 Å². The van der Waals surface area contributed by atoms with Crippen LogP contribution in [0.4, 0.5) is 0 Å². The quantitative estimate of drug-likeness (QED) is 0.673. The topological polar surface area (TPSA) is 54.8 Å². The van der Waals surface area contributed by atoms with E-state index in [0.29, 0.717) is 17.9 Å². The molecular weight excluding hydrogens is 270 g/mol. The Hall–Kier alpha value is -1.87. The summed E-state index contributed by atoms with van der Waals surface area (Å²) in [5, 5.41) is 7.84. The molecule has 2 aromatic carbocycles. The van der Waals surface area contributed by atoms with E-state index >= 15 is 0 Å². The molecule has 0 unspecified atom stereocenters. The third kappa shape index (κ3) is 4.85. The van der Waals surface area contributed by atoms with Crippen LogP contribution >= 0.6 is 0 Å². The Bertz CT molecular complexity index is 589. The highest BCUT2D eigenvalue weighted by Gasteiger charge is 2.09. The van der Waals surface area contributed by atoms with Crippen molar-refractivity contribution in [3.8, 4) is 0 Å². The van der Waals surface area contributed by atoms with Gasteiger partial charge in [0.1, 0.15) is 0 Å². The maximum absolute atomic E-state index is 5.57. The molecule has 0 aliphatic rings. The van der Waals surface area contributed by atoms with E-state index in [1.165, 1.54) is 0 Å². The third-order valence-electron chi connectivity index (χ3n) is 3.79. The molecule has 0 fully saturated rings. The Morgan fingerprint density at radius 2 is 1.55 bits per heavy atom. The van der Waals surface area contributed by atoms with Crippen molar-refractivity contribution in [1.29, 1.82) is 0 Å². The Balaban J connectivity index is 0.000000239. The SMILES string of the molecule is CCN(C(C)C)C(C)C.NC(=[NH2+])c1cccc2ccccc12. The van der Waals surface area contributed by atoms with Gasteiger partial charge < -0.3 is 0 Å². The molecule has 4 N–H and O–H groups in total. The first-order valence-corrected chi connectivity index (χ1v) is 8.00. The van der Waals surface area contributed by atoms with Crippen molar-refractivity contribution < 1.29 is 5.41 Å². The normalized spacial score (nSPS) is 10.9. The van der Waals surface area contributed by atoms with Crippen molar-refractivity contribution in [2.24, 2.45) is 5.73 Å². The number of hydrogen-bond donors (Lipinski definition) is 2. The molecule has 0 bridgehead atoms. The van der Waals surface area contributed by atoms with E-state index in [0.717, 1.165) is 22.9 Å². The van der Waals surface area contributed by atoms with Crippen LogP contribution in [0.5, 0.6) is 0 Å². The predicted molar refractivity (Wildman–Crippen MR) is 96.8 cm³/mol. The van der Waals surface area contributed by atoms with E-state index < -0.39 is 0 Å². The molecule has 0 saturated heterocycles. The highest BCUT2D eigenvalue weighted by Crippen LogP contribution is 2.16. The molecule has 0 aliphatic carbocycles. The van der Waals surface area contributed by atoms with Gasteiger partial charge in [0.25, 0.3) is 5.84 Å². The molecule has 0 amide bonds. The molecule has 3 nitrogen and oxygen atoms in total. The molecule has 0 radical (unpaired) electrons. The van der Waals surface area contributed by atoms with Crippen molar-refractivity contribution >= 4 is 16.6 Å². The molecule has 0 atom stereocenters. The van der Waals surface area contributed by atoms with E-state index in [2.05, 4.69) is 39.5 Å². The van der Waals surface area contributed by atoms with Crippen LogP contribution in [0.1, 0.15) is 40.2 Å². The van der Waals surface area contributed by atoms with Crippen LogP contribution in [-0.4, -0.2) is 29.4 Å². The highest BCUT2D eigenvalue weighted by molar-refractivity contribution is 6.06. The molecular formula is C19H30N3+. The second-order valence-corrected chi connectivity index (χ2v) is 6.00. The number of nitrogens with zero attached hydrogens (tertiary/aromatic N) is 1. The van der Waals surface area contributed by atoms with Crippen molar-refractivity contribution in [2.75, 3.05) is 6.54 Å². The van der Waals surface area contributed by atoms with Crippen LogP contribution in [0.15, 0.2) is 42.5 Å². The van der Waals surface area contributed by atoms with E-state index in [1.54, 1.807) is 0 Å². The van der Waals surface area contributed by atoms with Crippen molar-refractivity contribution in [1.82, 2.24) is 4.90 Å². The molecule has 0 aromatic heterocycles. The fraction of sp³-hybridized carbons (Fsp3) is 0.421. The highest BCUT2D eigenvalue weighted by atomic mass is 15.2. The van der Waals surface area contributed by atoms with Gasteiger partial charge in [0, 0.05) is 12.1 Å². The second kappa shape index (κ2) is 8.54. The minimum Gasteiger partial charge on any atom is -0.299 e. The molecule has 2 rings (SSSR count). The average Bonchev–Trinajstić information content (AvgIpc) is 2.47. The number of amidine groups is 1. The molecule has 2 aromatic rings. The van der Waals surface area contributed by atoms with Crippen LogP contribution in [0, 0.1) is 0 Å². The van der Waals surface area contributed by atoms with Gasteiger partial charge in [-0.05, 0) is 51.1 Å². The summed E-state index contributed by atoms with van der Waals surface area (Å²) in [6.45, 7) is 12.3. The summed E-state index contributed by atoms with van der Waals surface area (Å²) in [5.41, 5.74) is 6.49. The lowest BCUT2D eigenvalue weighted by Crippen LogP contribution is -2.46. The monoisotopic (exact) mass is 300 g/mol. The van der Waals surface area contributed by atoms with Crippen molar-refractivity contribution in [3.05, 3.63) is 48.0 Å². The predicted octanol–water partition coefficient (Wildman–Crippen LogP) is 2.43. The Labute approximate surface area is 134 Å².